The Morgan fingerprint density at radius 3 is 2.50 bits per heavy atom. The van der Waals surface area contributed by atoms with Crippen molar-refractivity contribution >= 4 is 35.0 Å². The zero-order chi connectivity index (χ0) is 18.9. The van der Waals surface area contributed by atoms with E-state index in [1.165, 1.54) is 5.56 Å². The lowest BCUT2D eigenvalue weighted by molar-refractivity contribution is -0.117. The van der Waals surface area contributed by atoms with Crippen molar-refractivity contribution in [1.82, 2.24) is 0 Å². The molecule has 1 heterocycles. The molecule has 2 aromatic carbocycles. The summed E-state index contributed by atoms with van der Waals surface area (Å²) >= 11 is 7.07. The van der Waals surface area contributed by atoms with Crippen molar-refractivity contribution in [2.45, 2.75) is 38.1 Å². The first-order chi connectivity index (χ1) is 12.3. The lowest BCUT2D eigenvalue weighted by Crippen LogP contribution is -2.56. The Bertz CT molecular complexity index is 872. The van der Waals surface area contributed by atoms with Crippen LogP contribution in [-0.4, -0.2) is 17.2 Å². The molecule has 0 fully saturated rings. The highest BCUT2D eigenvalue weighted by Gasteiger charge is 2.47. The number of nitrogens with zero attached hydrogens (tertiary/aromatic N) is 2. The van der Waals surface area contributed by atoms with Crippen LogP contribution in [0.3, 0.4) is 0 Å². The molecule has 0 N–H and O–H groups in total. The molecule has 2 aromatic rings. The first kappa shape index (κ1) is 18.8. The van der Waals surface area contributed by atoms with E-state index in [1.807, 2.05) is 40.6 Å². The molecule has 26 heavy (non-hydrogen) atoms. The number of rotatable bonds is 3. The SMILES string of the molecule is CC1(c2ccc(Cl)cc2)CC(C)(C)N(C(=O)CSC#N)c2ccccc21. The molecule has 5 heteroatoms. The molecule has 1 aliphatic rings. The molecule has 1 aliphatic heterocycles. The number of thiocyanates is 1. The second-order valence-corrected chi connectivity index (χ2v) is 8.65. The molecule has 3 nitrogen and oxygen atoms in total. The molecule has 1 amide bonds. The van der Waals surface area contributed by atoms with E-state index in [0.717, 1.165) is 29.4 Å². The Balaban J connectivity index is 2.15. The van der Waals surface area contributed by atoms with E-state index in [4.69, 9.17) is 16.9 Å². The summed E-state index contributed by atoms with van der Waals surface area (Å²) in [6.07, 6.45) is 0.779. The Kier molecular flexibility index (Phi) is 5.05. The van der Waals surface area contributed by atoms with Crippen LogP contribution in [0.4, 0.5) is 5.69 Å². The van der Waals surface area contributed by atoms with Crippen molar-refractivity contribution in [2.75, 3.05) is 10.7 Å². The van der Waals surface area contributed by atoms with Gasteiger partial charge in [0.25, 0.3) is 0 Å². The largest absolute Gasteiger partial charge is 0.306 e. The van der Waals surface area contributed by atoms with Crippen LogP contribution in [-0.2, 0) is 10.2 Å². The lowest BCUT2D eigenvalue weighted by Gasteiger charge is -2.51. The van der Waals surface area contributed by atoms with Crippen LogP contribution in [0, 0.1) is 10.7 Å². The van der Waals surface area contributed by atoms with Gasteiger partial charge < -0.3 is 4.90 Å². The summed E-state index contributed by atoms with van der Waals surface area (Å²) in [6.45, 7) is 6.40. The highest BCUT2D eigenvalue weighted by Crippen LogP contribution is 2.50. The van der Waals surface area contributed by atoms with Gasteiger partial charge in [-0.05, 0) is 61.4 Å². The first-order valence-electron chi connectivity index (χ1n) is 8.49. The summed E-state index contributed by atoms with van der Waals surface area (Å²) in [6, 6.07) is 16.0. The molecule has 1 atom stereocenters. The number of amides is 1. The predicted octanol–water partition coefficient (Wildman–Crippen LogP) is 5.38. The predicted molar refractivity (Wildman–Crippen MR) is 109 cm³/mol. The Hall–Kier alpha value is -1.96. The van der Waals surface area contributed by atoms with Crippen LogP contribution >= 0.6 is 23.4 Å². The van der Waals surface area contributed by atoms with Crippen molar-refractivity contribution in [3.8, 4) is 5.40 Å². The number of carbonyl (C=O) groups excluding carboxylic acids is 1. The van der Waals surface area contributed by atoms with E-state index < -0.39 is 0 Å². The summed E-state index contributed by atoms with van der Waals surface area (Å²) in [5, 5.41) is 11.5. The maximum atomic E-state index is 12.9. The van der Waals surface area contributed by atoms with Gasteiger partial charge in [0.15, 0.2) is 0 Å². The fraction of sp³-hybridized carbons (Fsp3) is 0.333. The van der Waals surface area contributed by atoms with Gasteiger partial charge in [-0.2, -0.15) is 5.26 Å². The van der Waals surface area contributed by atoms with Gasteiger partial charge in [-0.15, -0.1) is 0 Å². The summed E-state index contributed by atoms with van der Waals surface area (Å²) < 4.78 is 0. The fourth-order valence-corrected chi connectivity index (χ4v) is 4.65. The number of hydrogen-bond donors (Lipinski definition) is 0. The van der Waals surface area contributed by atoms with Crippen LogP contribution in [0.5, 0.6) is 0 Å². The molecule has 1 unspecified atom stereocenters. The van der Waals surface area contributed by atoms with Gasteiger partial charge >= 0.3 is 0 Å². The third-order valence-electron chi connectivity index (χ3n) is 5.12. The minimum absolute atomic E-state index is 0.0350. The van der Waals surface area contributed by atoms with Crippen molar-refractivity contribution in [1.29, 1.82) is 5.26 Å². The molecule has 0 spiro atoms. The van der Waals surface area contributed by atoms with Crippen LogP contribution < -0.4 is 4.90 Å². The van der Waals surface area contributed by atoms with E-state index in [9.17, 15) is 4.79 Å². The number of benzene rings is 2. The number of nitriles is 1. The van der Waals surface area contributed by atoms with Crippen LogP contribution in [0.25, 0.3) is 0 Å². The van der Waals surface area contributed by atoms with Crippen molar-refractivity contribution in [2.24, 2.45) is 0 Å². The average molecular weight is 385 g/mol. The Labute approximate surface area is 164 Å². The molecule has 0 saturated heterocycles. The van der Waals surface area contributed by atoms with Gasteiger partial charge in [0.1, 0.15) is 5.40 Å². The second-order valence-electron chi connectivity index (χ2n) is 7.45. The van der Waals surface area contributed by atoms with Crippen LogP contribution in [0.1, 0.15) is 38.3 Å². The van der Waals surface area contributed by atoms with Gasteiger partial charge in [0, 0.05) is 21.7 Å². The first-order valence-corrected chi connectivity index (χ1v) is 9.85. The topological polar surface area (TPSA) is 44.1 Å². The van der Waals surface area contributed by atoms with E-state index in [2.05, 4.69) is 39.0 Å². The summed E-state index contributed by atoms with van der Waals surface area (Å²) in [5.74, 6) is 0.124. The molecule has 3 rings (SSSR count). The van der Waals surface area contributed by atoms with Gasteiger partial charge in [-0.3, -0.25) is 4.79 Å². The lowest BCUT2D eigenvalue weighted by atomic mass is 9.65. The summed E-state index contributed by atoms with van der Waals surface area (Å²) in [5.41, 5.74) is 2.61. The van der Waals surface area contributed by atoms with Gasteiger partial charge in [-0.1, -0.05) is 48.9 Å². The molecular weight excluding hydrogens is 364 g/mol. The standard InChI is InChI=1S/C21H21ClN2OS/c1-20(2)13-21(3,15-8-10-16(22)11-9-15)17-6-4-5-7-18(17)24(20)19(25)12-26-14-23/h4-11H,12-13H2,1-3H3. The third-order valence-corrected chi connectivity index (χ3v) is 5.89. The second kappa shape index (κ2) is 6.98. The van der Waals surface area contributed by atoms with Crippen molar-refractivity contribution in [3.05, 3.63) is 64.7 Å². The molecule has 134 valence electrons. The Morgan fingerprint density at radius 2 is 1.85 bits per heavy atom. The number of thioether (sulfide) groups is 1. The fourth-order valence-electron chi connectivity index (χ4n) is 4.21. The molecule has 0 aromatic heterocycles. The third kappa shape index (κ3) is 3.22. The number of carbonyl (C=O) groups is 1. The maximum absolute atomic E-state index is 12.9. The quantitative estimate of drug-likeness (QED) is 0.667. The molecule has 0 aliphatic carbocycles. The highest BCUT2D eigenvalue weighted by atomic mass is 35.5. The highest BCUT2D eigenvalue weighted by molar-refractivity contribution is 8.04. The van der Waals surface area contributed by atoms with Gasteiger partial charge in [0.2, 0.25) is 5.91 Å². The number of hydrogen-bond acceptors (Lipinski definition) is 3. The zero-order valence-electron chi connectivity index (χ0n) is 15.1. The van der Waals surface area contributed by atoms with Crippen LogP contribution in [0.2, 0.25) is 5.02 Å². The minimum Gasteiger partial charge on any atom is -0.306 e. The van der Waals surface area contributed by atoms with E-state index in [0.29, 0.717) is 5.02 Å². The summed E-state index contributed by atoms with van der Waals surface area (Å²) in [7, 11) is 0. The molecular formula is C21H21ClN2OS. The smallest absolute Gasteiger partial charge is 0.238 e. The molecule has 0 radical (unpaired) electrons. The molecule has 0 bridgehead atoms. The van der Waals surface area contributed by atoms with Crippen molar-refractivity contribution < 1.29 is 4.79 Å². The van der Waals surface area contributed by atoms with E-state index in [-0.39, 0.29) is 22.6 Å². The monoisotopic (exact) mass is 384 g/mol. The van der Waals surface area contributed by atoms with Gasteiger partial charge in [0.05, 0.1) is 5.75 Å². The number of anilines is 1. The zero-order valence-corrected chi connectivity index (χ0v) is 16.7. The summed E-state index contributed by atoms with van der Waals surface area (Å²) in [4.78, 5) is 14.7. The van der Waals surface area contributed by atoms with E-state index in [1.54, 1.807) is 0 Å². The number of fused-ring (bicyclic) bond motifs is 1. The van der Waals surface area contributed by atoms with Gasteiger partial charge in [-0.25, -0.2) is 0 Å². The number of para-hydroxylation sites is 1. The molecule has 0 saturated carbocycles. The maximum Gasteiger partial charge on any atom is 0.238 e. The van der Waals surface area contributed by atoms with Crippen molar-refractivity contribution in [3.63, 3.8) is 0 Å². The normalized spacial score (nSPS) is 21.0. The van der Waals surface area contributed by atoms with E-state index >= 15 is 0 Å². The minimum atomic E-state index is -0.379. The van der Waals surface area contributed by atoms with Crippen LogP contribution in [0.15, 0.2) is 48.5 Å². The Morgan fingerprint density at radius 1 is 1.19 bits per heavy atom. The average Bonchev–Trinajstić information content (AvgIpc) is 2.59. The number of halogens is 1.